The van der Waals surface area contributed by atoms with Gasteiger partial charge in [0.2, 0.25) is 0 Å². The third kappa shape index (κ3) is 7.36. The SMILES string of the molecule is BrCC(CBr)OCc1ccc(COC(CBr)CBr)cc1. The van der Waals surface area contributed by atoms with Gasteiger partial charge in [0.1, 0.15) is 0 Å². The molecule has 0 aliphatic carbocycles. The topological polar surface area (TPSA) is 18.5 Å². The molecule has 0 fully saturated rings. The van der Waals surface area contributed by atoms with Crippen LogP contribution in [0.3, 0.4) is 0 Å². The Morgan fingerprint density at radius 3 is 1.20 bits per heavy atom. The zero-order valence-electron chi connectivity index (χ0n) is 11.0. The van der Waals surface area contributed by atoms with Crippen molar-refractivity contribution in [3.05, 3.63) is 35.4 Å². The first-order chi connectivity index (χ1) is 9.73. The smallest absolute Gasteiger partial charge is 0.0773 e. The van der Waals surface area contributed by atoms with Crippen LogP contribution in [0.2, 0.25) is 0 Å². The lowest BCUT2D eigenvalue weighted by Gasteiger charge is -2.14. The summed E-state index contributed by atoms with van der Waals surface area (Å²) in [5.41, 5.74) is 2.36. The standard InChI is InChI=1S/C14H18Br4O2/c15-5-13(6-16)19-9-11-1-2-12(4-3-11)10-20-14(7-17)8-18/h1-4,13-14H,5-10H2. The molecule has 0 amide bonds. The molecular weight excluding hydrogens is 520 g/mol. The van der Waals surface area contributed by atoms with Gasteiger partial charge in [-0.3, -0.25) is 0 Å². The second-order valence-electron chi connectivity index (χ2n) is 4.30. The number of rotatable bonds is 10. The summed E-state index contributed by atoms with van der Waals surface area (Å²) in [5, 5.41) is 3.35. The molecule has 0 saturated carbocycles. The highest BCUT2D eigenvalue weighted by Gasteiger charge is 2.07. The monoisotopic (exact) mass is 534 g/mol. The van der Waals surface area contributed by atoms with Crippen molar-refractivity contribution in [3.63, 3.8) is 0 Å². The van der Waals surface area contributed by atoms with Crippen LogP contribution in [0.5, 0.6) is 0 Å². The molecule has 0 aliphatic rings. The van der Waals surface area contributed by atoms with Crippen molar-refractivity contribution in [2.24, 2.45) is 0 Å². The Morgan fingerprint density at radius 1 is 0.650 bits per heavy atom. The molecule has 0 heterocycles. The number of halogens is 4. The van der Waals surface area contributed by atoms with Crippen LogP contribution in [0.4, 0.5) is 0 Å². The first-order valence-electron chi connectivity index (χ1n) is 6.28. The molecule has 1 aromatic rings. The summed E-state index contributed by atoms with van der Waals surface area (Å²) >= 11 is 13.7. The molecule has 0 saturated heterocycles. The summed E-state index contributed by atoms with van der Waals surface area (Å²) in [6, 6.07) is 8.37. The zero-order valence-corrected chi connectivity index (χ0v) is 17.4. The van der Waals surface area contributed by atoms with Crippen LogP contribution in [-0.2, 0) is 22.7 Å². The molecule has 6 heteroatoms. The Balaban J connectivity index is 2.40. The lowest BCUT2D eigenvalue weighted by Crippen LogP contribution is -2.16. The van der Waals surface area contributed by atoms with Crippen molar-refractivity contribution in [1.82, 2.24) is 0 Å². The summed E-state index contributed by atoms with van der Waals surface area (Å²) < 4.78 is 11.5. The predicted octanol–water partition coefficient (Wildman–Crippen LogP) is 5.04. The highest BCUT2D eigenvalue weighted by molar-refractivity contribution is 9.10. The van der Waals surface area contributed by atoms with E-state index in [9.17, 15) is 0 Å². The van der Waals surface area contributed by atoms with Crippen molar-refractivity contribution in [2.75, 3.05) is 21.3 Å². The quantitative estimate of drug-likeness (QED) is 0.390. The molecule has 0 atom stereocenters. The molecule has 0 radical (unpaired) electrons. The second-order valence-corrected chi connectivity index (χ2v) is 6.89. The van der Waals surface area contributed by atoms with Gasteiger partial charge in [-0.05, 0) is 11.1 Å². The van der Waals surface area contributed by atoms with Gasteiger partial charge in [-0.1, -0.05) is 88.0 Å². The van der Waals surface area contributed by atoms with E-state index in [1.54, 1.807) is 0 Å². The Labute approximate surface area is 154 Å². The lowest BCUT2D eigenvalue weighted by atomic mass is 10.1. The maximum absolute atomic E-state index is 5.76. The minimum Gasteiger partial charge on any atom is -0.372 e. The van der Waals surface area contributed by atoms with Gasteiger partial charge in [-0.15, -0.1) is 0 Å². The molecule has 0 aromatic heterocycles. The van der Waals surface area contributed by atoms with Crippen molar-refractivity contribution >= 4 is 63.7 Å². The van der Waals surface area contributed by atoms with Gasteiger partial charge in [0.05, 0.1) is 25.4 Å². The number of ether oxygens (including phenoxy) is 2. The predicted molar refractivity (Wildman–Crippen MR) is 98.8 cm³/mol. The van der Waals surface area contributed by atoms with E-state index in [0.717, 1.165) is 21.3 Å². The fourth-order valence-electron chi connectivity index (χ4n) is 1.42. The van der Waals surface area contributed by atoms with Gasteiger partial charge in [0, 0.05) is 21.3 Å². The van der Waals surface area contributed by atoms with Gasteiger partial charge < -0.3 is 9.47 Å². The van der Waals surface area contributed by atoms with E-state index in [-0.39, 0.29) is 12.2 Å². The maximum Gasteiger partial charge on any atom is 0.0773 e. The van der Waals surface area contributed by atoms with E-state index in [1.807, 2.05) is 0 Å². The molecular formula is C14H18Br4O2. The van der Waals surface area contributed by atoms with Gasteiger partial charge in [0.15, 0.2) is 0 Å². The van der Waals surface area contributed by atoms with E-state index in [0.29, 0.717) is 13.2 Å². The average molecular weight is 538 g/mol. The lowest BCUT2D eigenvalue weighted by molar-refractivity contribution is 0.0715. The van der Waals surface area contributed by atoms with E-state index < -0.39 is 0 Å². The van der Waals surface area contributed by atoms with Crippen molar-refractivity contribution in [3.8, 4) is 0 Å². The Hall–Kier alpha value is 1.06. The fraction of sp³-hybridized carbons (Fsp3) is 0.571. The molecule has 20 heavy (non-hydrogen) atoms. The van der Waals surface area contributed by atoms with Gasteiger partial charge in [-0.2, -0.15) is 0 Å². The summed E-state index contributed by atoms with van der Waals surface area (Å²) in [7, 11) is 0. The van der Waals surface area contributed by atoms with Gasteiger partial charge >= 0.3 is 0 Å². The first kappa shape index (κ1) is 19.1. The van der Waals surface area contributed by atoms with Crippen LogP contribution in [0.1, 0.15) is 11.1 Å². The van der Waals surface area contributed by atoms with E-state index in [1.165, 1.54) is 11.1 Å². The molecule has 0 bridgehead atoms. The summed E-state index contributed by atoms with van der Waals surface area (Å²) in [6.07, 6.45) is 0.410. The van der Waals surface area contributed by atoms with Crippen molar-refractivity contribution < 1.29 is 9.47 Å². The molecule has 0 unspecified atom stereocenters. The minimum absolute atomic E-state index is 0.205. The maximum atomic E-state index is 5.76. The highest BCUT2D eigenvalue weighted by atomic mass is 79.9. The molecule has 1 aromatic carbocycles. The molecule has 1 rings (SSSR count). The van der Waals surface area contributed by atoms with Gasteiger partial charge in [-0.25, -0.2) is 0 Å². The van der Waals surface area contributed by atoms with E-state index in [4.69, 9.17) is 9.47 Å². The fourth-order valence-corrected chi connectivity index (χ4v) is 4.31. The largest absolute Gasteiger partial charge is 0.372 e. The van der Waals surface area contributed by atoms with Crippen LogP contribution < -0.4 is 0 Å². The summed E-state index contributed by atoms with van der Waals surface area (Å²) in [6.45, 7) is 1.27. The van der Waals surface area contributed by atoms with Crippen LogP contribution in [-0.4, -0.2) is 33.5 Å². The molecule has 114 valence electrons. The third-order valence-electron chi connectivity index (χ3n) is 2.68. The van der Waals surface area contributed by atoms with Crippen LogP contribution in [0, 0.1) is 0 Å². The summed E-state index contributed by atoms with van der Waals surface area (Å²) in [4.78, 5) is 0. The normalized spacial score (nSPS) is 11.5. The number of hydrogen-bond acceptors (Lipinski definition) is 2. The molecule has 0 aliphatic heterocycles. The number of benzene rings is 1. The molecule has 0 spiro atoms. The number of hydrogen-bond donors (Lipinski definition) is 0. The third-order valence-corrected chi connectivity index (χ3v) is 5.57. The Kier molecular flexibility index (Phi) is 11.1. The van der Waals surface area contributed by atoms with Crippen LogP contribution in [0.15, 0.2) is 24.3 Å². The number of alkyl halides is 4. The first-order valence-corrected chi connectivity index (χ1v) is 10.8. The highest BCUT2D eigenvalue weighted by Crippen LogP contribution is 2.12. The Bertz CT molecular complexity index is 316. The zero-order chi connectivity index (χ0) is 14.8. The molecule has 2 nitrogen and oxygen atoms in total. The summed E-state index contributed by atoms with van der Waals surface area (Å²) in [5.74, 6) is 0. The van der Waals surface area contributed by atoms with E-state index in [2.05, 4.69) is 88.0 Å². The second kappa shape index (κ2) is 11.6. The van der Waals surface area contributed by atoms with Crippen molar-refractivity contribution in [1.29, 1.82) is 0 Å². The van der Waals surface area contributed by atoms with Crippen molar-refractivity contribution in [2.45, 2.75) is 25.4 Å². The van der Waals surface area contributed by atoms with Gasteiger partial charge in [0.25, 0.3) is 0 Å². The van der Waals surface area contributed by atoms with Crippen LogP contribution in [0.25, 0.3) is 0 Å². The van der Waals surface area contributed by atoms with E-state index >= 15 is 0 Å². The minimum atomic E-state index is 0.205. The molecule has 0 N–H and O–H groups in total. The average Bonchev–Trinajstić information content (AvgIpc) is 2.50. The Morgan fingerprint density at radius 2 is 0.950 bits per heavy atom. The van der Waals surface area contributed by atoms with Crippen LogP contribution >= 0.6 is 63.7 Å².